The van der Waals surface area contributed by atoms with Gasteiger partial charge in [-0.05, 0) is 0 Å². The molecule has 0 fully saturated rings. The van der Waals surface area contributed by atoms with Crippen LogP contribution in [0.25, 0.3) is 0 Å². The molecule has 0 saturated carbocycles. The summed E-state index contributed by atoms with van der Waals surface area (Å²) in [6.07, 6.45) is 20.0. The van der Waals surface area contributed by atoms with Crippen LogP contribution in [0.15, 0.2) is 36.5 Å². The predicted molar refractivity (Wildman–Crippen MR) is 45.4 cm³/mol. The Morgan fingerprint density at radius 3 is 1.45 bits per heavy atom. The molecule has 2 aliphatic rings. The Hall–Kier alpha value is -0.157. The standard InChI is InChI=1S/2C5H5.Zr.2H/c2*1-2-4-5-3-1;;;/h2*1-3H,4H2;;;/q2*-1;+4;2*-1. The molecule has 0 saturated heterocycles. The normalized spacial score (nSPS) is 16.0. The third kappa shape index (κ3) is 6.25. The minimum Gasteiger partial charge on any atom is -1.00 e. The summed E-state index contributed by atoms with van der Waals surface area (Å²) in [7, 11) is 0. The zero-order chi connectivity index (χ0) is 7.07. The van der Waals surface area contributed by atoms with E-state index in [1.54, 1.807) is 0 Å². The fourth-order valence-electron chi connectivity index (χ4n) is 0.680. The van der Waals surface area contributed by atoms with Crippen molar-refractivity contribution in [2.75, 3.05) is 0 Å². The quantitative estimate of drug-likeness (QED) is 0.554. The Kier molecular flexibility index (Phi) is 7.83. The summed E-state index contributed by atoms with van der Waals surface area (Å²) in [6, 6.07) is 0. The fraction of sp³-hybridized carbons (Fsp3) is 0.200. The Labute approximate surface area is 90.5 Å². The molecule has 0 N–H and O–H groups in total. The van der Waals surface area contributed by atoms with Crippen molar-refractivity contribution in [3.8, 4) is 0 Å². The third-order valence-corrected chi connectivity index (χ3v) is 1.17. The van der Waals surface area contributed by atoms with Gasteiger partial charge < -0.3 is 2.85 Å². The van der Waals surface area contributed by atoms with E-state index in [0.29, 0.717) is 0 Å². The summed E-state index contributed by atoms with van der Waals surface area (Å²) in [5.74, 6) is 0. The molecule has 0 atom stereocenters. The minimum atomic E-state index is 0. The van der Waals surface area contributed by atoms with E-state index >= 15 is 0 Å². The van der Waals surface area contributed by atoms with Gasteiger partial charge in [-0.15, -0.1) is 12.8 Å². The Bertz CT molecular complexity index is 151. The summed E-state index contributed by atoms with van der Waals surface area (Å²) in [5.41, 5.74) is 0. The molecule has 0 aliphatic heterocycles. The molecule has 0 radical (unpaired) electrons. The zero-order valence-corrected chi connectivity index (χ0v) is 8.84. The maximum absolute atomic E-state index is 2.99. The van der Waals surface area contributed by atoms with Crippen LogP contribution in [0.3, 0.4) is 0 Å². The molecular formula is C10H12Zr. The average molecular weight is 223 g/mol. The molecule has 0 aromatic heterocycles. The summed E-state index contributed by atoms with van der Waals surface area (Å²) in [6.45, 7) is 0. The molecule has 0 unspecified atom stereocenters. The summed E-state index contributed by atoms with van der Waals surface area (Å²) in [4.78, 5) is 0. The van der Waals surface area contributed by atoms with E-state index in [0.717, 1.165) is 12.8 Å². The van der Waals surface area contributed by atoms with Gasteiger partial charge in [0.2, 0.25) is 0 Å². The van der Waals surface area contributed by atoms with Crippen molar-refractivity contribution in [3.05, 3.63) is 48.6 Å². The second kappa shape index (κ2) is 7.94. The van der Waals surface area contributed by atoms with Gasteiger partial charge in [-0.1, -0.05) is 0 Å². The molecule has 0 heterocycles. The molecule has 56 valence electrons. The van der Waals surface area contributed by atoms with Crippen molar-refractivity contribution < 1.29 is 29.1 Å². The van der Waals surface area contributed by atoms with Crippen LogP contribution in [0.2, 0.25) is 0 Å². The van der Waals surface area contributed by atoms with Crippen LogP contribution in [0, 0.1) is 12.2 Å². The van der Waals surface area contributed by atoms with Crippen LogP contribution in [-0.4, -0.2) is 0 Å². The Balaban J connectivity index is -0.000000125. The Morgan fingerprint density at radius 1 is 0.909 bits per heavy atom. The van der Waals surface area contributed by atoms with Gasteiger partial charge in [-0.25, -0.2) is 24.3 Å². The minimum absolute atomic E-state index is 0. The number of hydrogen-bond acceptors (Lipinski definition) is 0. The van der Waals surface area contributed by atoms with Crippen LogP contribution in [0.1, 0.15) is 15.7 Å². The van der Waals surface area contributed by atoms with Crippen LogP contribution in [0.4, 0.5) is 0 Å². The first-order valence-corrected chi connectivity index (χ1v) is 3.43. The van der Waals surface area contributed by atoms with Crippen molar-refractivity contribution >= 4 is 0 Å². The first kappa shape index (κ1) is 10.8. The van der Waals surface area contributed by atoms with Crippen molar-refractivity contribution in [1.29, 1.82) is 0 Å². The zero-order valence-electron chi connectivity index (χ0n) is 8.38. The van der Waals surface area contributed by atoms with Crippen LogP contribution in [-0.2, 0) is 26.2 Å². The third-order valence-electron chi connectivity index (χ3n) is 1.17. The first-order valence-electron chi connectivity index (χ1n) is 3.43. The molecule has 0 amide bonds. The van der Waals surface area contributed by atoms with E-state index in [9.17, 15) is 0 Å². The van der Waals surface area contributed by atoms with Gasteiger partial charge in [0.25, 0.3) is 0 Å². The maximum Gasteiger partial charge on any atom is 4.00 e. The van der Waals surface area contributed by atoms with E-state index in [1.165, 1.54) is 0 Å². The summed E-state index contributed by atoms with van der Waals surface area (Å²) in [5, 5.41) is 0. The fourth-order valence-corrected chi connectivity index (χ4v) is 0.680. The maximum atomic E-state index is 2.99. The van der Waals surface area contributed by atoms with Gasteiger partial charge in [0.05, 0.1) is 0 Å². The molecule has 0 bridgehead atoms. The molecule has 0 aromatic carbocycles. The van der Waals surface area contributed by atoms with Crippen molar-refractivity contribution in [1.82, 2.24) is 0 Å². The van der Waals surface area contributed by atoms with E-state index < -0.39 is 0 Å². The van der Waals surface area contributed by atoms with Crippen LogP contribution < -0.4 is 0 Å². The molecule has 11 heavy (non-hydrogen) atoms. The largest absolute Gasteiger partial charge is 4.00 e. The summed E-state index contributed by atoms with van der Waals surface area (Å²) < 4.78 is 0. The van der Waals surface area contributed by atoms with E-state index in [2.05, 4.69) is 24.3 Å². The smallest absolute Gasteiger partial charge is 1.00 e. The van der Waals surface area contributed by atoms with Gasteiger partial charge in [0.15, 0.2) is 0 Å². The average Bonchev–Trinajstić information content (AvgIpc) is 2.67. The second-order valence-corrected chi connectivity index (χ2v) is 2.01. The monoisotopic (exact) mass is 222 g/mol. The van der Waals surface area contributed by atoms with Gasteiger partial charge in [-0.2, -0.15) is 12.2 Å². The van der Waals surface area contributed by atoms with Gasteiger partial charge in [0.1, 0.15) is 0 Å². The van der Waals surface area contributed by atoms with E-state index in [-0.39, 0.29) is 29.1 Å². The van der Waals surface area contributed by atoms with E-state index in [1.807, 2.05) is 24.3 Å². The second-order valence-electron chi connectivity index (χ2n) is 2.01. The van der Waals surface area contributed by atoms with Crippen molar-refractivity contribution in [2.45, 2.75) is 12.8 Å². The van der Waals surface area contributed by atoms with Crippen molar-refractivity contribution in [3.63, 3.8) is 0 Å². The Morgan fingerprint density at radius 2 is 1.36 bits per heavy atom. The van der Waals surface area contributed by atoms with Gasteiger partial charge in [0, 0.05) is 0 Å². The molecule has 2 rings (SSSR count). The first-order chi connectivity index (χ1) is 5.00. The summed E-state index contributed by atoms with van der Waals surface area (Å²) >= 11 is 0. The van der Waals surface area contributed by atoms with Gasteiger partial charge >= 0.3 is 26.2 Å². The van der Waals surface area contributed by atoms with Gasteiger partial charge in [-0.3, -0.25) is 12.2 Å². The SMILES string of the molecule is [C-]1=CC=CC1.[C-]1=CC=CC1.[H-].[H-].[Zr+4]. The van der Waals surface area contributed by atoms with Crippen molar-refractivity contribution in [2.24, 2.45) is 0 Å². The number of allylic oxidation sites excluding steroid dienone is 8. The molecular weight excluding hydrogens is 211 g/mol. The molecule has 1 heteroatoms. The molecule has 0 spiro atoms. The van der Waals surface area contributed by atoms with Crippen LogP contribution >= 0.6 is 0 Å². The van der Waals surface area contributed by atoms with E-state index in [4.69, 9.17) is 0 Å². The predicted octanol–water partition coefficient (Wildman–Crippen LogP) is 2.83. The molecule has 2 aliphatic carbocycles. The molecule has 0 nitrogen and oxygen atoms in total. The van der Waals surface area contributed by atoms with Crippen LogP contribution in [0.5, 0.6) is 0 Å². The number of rotatable bonds is 0. The number of hydrogen-bond donors (Lipinski definition) is 0. The topological polar surface area (TPSA) is 0 Å². The molecule has 0 aromatic rings.